The van der Waals surface area contributed by atoms with Gasteiger partial charge in [-0.1, -0.05) is 0 Å². The molecular formula is C16H20N4O5. The molecule has 134 valence electrons. The highest BCUT2D eigenvalue weighted by atomic mass is 16.5. The molecule has 9 nitrogen and oxygen atoms in total. The largest absolute Gasteiger partial charge is 0.479 e. The third-order valence-electron chi connectivity index (χ3n) is 3.94. The van der Waals surface area contributed by atoms with Crippen LogP contribution in [0.5, 0.6) is 5.88 Å². The highest BCUT2D eigenvalue weighted by Crippen LogP contribution is 2.20. The minimum atomic E-state index is -0.435. The molecule has 1 aliphatic heterocycles. The fourth-order valence-corrected chi connectivity index (χ4v) is 2.69. The van der Waals surface area contributed by atoms with Crippen LogP contribution in [0.25, 0.3) is 0 Å². The number of nitrogens with zero attached hydrogens (tertiary/aromatic N) is 3. The normalized spacial score (nSPS) is 17.5. The van der Waals surface area contributed by atoms with Gasteiger partial charge in [-0.2, -0.15) is 0 Å². The predicted molar refractivity (Wildman–Crippen MR) is 86.2 cm³/mol. The smallest absolute Gasteiger partial charge is 0.254 e. The number of morpholine rings is 1. The standard InChI is InChI=1S/C16H20N4O5/c1-10-7-13(21)18-16(17-10)12-9-20(5-6-24-12)15(22)4-3-11-8-14(23-2)19-25-11/h7-8,12H,3-6,9H2,1-2H3,(H,17,18,21). The highest BCUT2D eigenvalue weighted by molar-refractivity contribution is 5.76. The van der Waals surface area contributed by atoms with Gasteiger partial charge in [0, 0.05) is 37.2 Å². The summed E-state index contributed by atoms with van der Waals surface area (Å²) in [4.78, 5) is 32.7. The number of nitrogens with one attached hydrogen (secondary N) is 1. The Bertz CT molecular complexity index is 800. The van der Waals surface area contributed by atoms with Crippen LogP contribution >= 0.6 is 0 Å². The van der Waals surface area contributed by atoms with Crippen molar-refractivity contribution >= 4 is 5.91 Å². The Balaban J connectivity index is 1.60. The van der Waals surface area contributed by atoms with Crippen molar-refractivity contribution in [2.24, 2.45) is 0 Å². The van der Waals surface area contributed by atoms with E-state index in [9.17, 15) is 9.59 Å². The summed E-state index contributed by atoms with van der Waals surface area (Å²) in [6.07, 6.45) is 0.301. The molecule has 2 aromatic rings. The number of H-pyrrole nitrogens is 1. The van der Waals surface area contributed by atoms with Gasteiger partial charge in [-0.15, -0.1) is 0 Å². The number of methoxy groups -OCH3 is 1. The molecule has 0 radical (unpaired) electrons. The van der Waals surface area contributed by atoms with Gasteiger partial charge < -0.3 is 23.9 Å². The molecule has 2 aromatic heterocycles. The molecule has 1 amide bonds. The average Bonchev–Trinajstić information content (AvgIpc) is 3.07. The third kappa shape index (κ3) is 4.24. The summed E-state index contributed by atoms with van der Waals surface area (Å²) >= 11 is 0. The monoisotopic (exact) mass is 348 g/mol. The van der Waals surface area contributed by atoms with Gasteiger partial charge in [-0.05, 0) is 12.1 Å². The first-order valence-electron chi connectivity index (χ1n) is 8.02. The van der Waals surface area contributed by atoms with Crippen LogP contribution in [0.3, 0.4) is 0 Å². The summed E-state index contributed by atoms with van der Waals surface area (Å²) in [6, 6.07) is 3.08. The number of hydrogen-bond acceptors (Lipinski definition) is 7. The summed E-state index contributed by atoms with van der Waals surface area (Å²) in [5.41, 5.74) is 0.388. The number of hydrogen-bond donors (Lipinski definition) is 1. The van der Waals surface area contributed by atoms with Gasteiger partial charge in [0.25, 0.3) is 11.4 Å². The van der Waals surface area contributed by atoms with E-state index in [0.717, 1.165) is 0 Å². The Labute approximate surface area is 143 Å². The Hall–Kier alpha value is -2.68. The molecule has 1 unspecified atom stereocenters. The van der Waals surface area contributed by atoms with Gasteiger partial charge in [0.15, 0.2) is 0 Å². The van der Waals surface area contributed by atoms with E-state index < -0.39 is 6.10 Å². The zero-order chi connectivity index (χ0) is 17.8. The lowest BCUT2D eigenvalue weighted by molar-refractivity contribution is -0.139. The Morgan fingerprint density at radius 3 is 3.04 bits per heavy atom. The van der Waals surface area contributed by atoms with Crippen molar-refractivity contribution < 1.29 is 18.8 Å². The zero-order valence-electron chi connectivity index (χ0n) is 14.2. The van der Waals surface area contributed by atoms with Crippen molar-refractivity contribution in [3.63, 3.8) is 0 Å². The second kappa shape index (κ2) is 7.47. The lowest BCUT2D eigenvalue weighted by atomic mass is 10.2. The van der Waals surface area contributed by atoms with Gasteiger partial charge in [0.1, 0.15) is 17.7 Å². The number of amides is 1. The van der Waals surface area contributed by atoms with Crippen LogP contribution in [0, 0.1) is 6.92 Å². The lowest BCUT2D eigenvalue weighted by Crippen LogP contribution is -2.43. The van der Waals surface area contributed by atoms with Gasteiger partial charge in [-0.3, -0.25) is 9.59 Å². The minimum Gasteiger partial charge on any atom is -0.479 e. The van der Waals surface area contributed by atoms with Crippen LogP contribution < -0.4 is 10.3 Å². The van der Waals surface area contributed by atoms with E-state index in [0.29, 0.717) is 55.7 Å². The van der Waals surface area contributed by atoms with Crippen LogP contribution in [-0.4, -0.2) is 52.7 Å². The second-order valence-corrected chi connectivity index (χ2v) is 5.81. The summed E-state index contributed by atoms with van der Waals surface area (Å²) in [7, 11) is 1.50. The Kier molecular flexibility index (Phi) is 5.13. The Morgan fingerprint density at radius 1 is 1.48 bits per heavy atom. The first kappa shape index (κ1) is 17.2. The number of aromatic amines is 1. The molecule has 1 aliphatic rings. The van der Waals surface area contributed by atoms with Crippen molar-refractivity contribution in [3.05, 3.63) is 39.8 Å². The van der Waals surface area contributed by atoms with Gasteiger partial charge in [0.05, 0.1) is 20.3 Å². The van der Waals surface area contributed by atoms with E-state index in [-0.39, 0.29) is 11.5 Å². The number of ether oxygens (including phenoxy) is 2. The maximum absolute atomic E-state index is 12.4. The number of aromatic nitrogens is 3. The lowest BCUT2D eigenvalue weighted by Gasteiger charge is -2.32. The third-order valence-corrected chi connectivity index (χ3v) is 3.94. The fourth-order valence-electron chi connectivity index (χ4n) is 2.69. The van der Waals surface area contributed by atoms with Crippen LogP contribution in [-0.2, 0) is 16.0 Å². The number of rotatable bonds is 5. The minimum absolute atomic E-state index is 0.0151. The van der Waals surface area contributed by atoms with Crippen molar-refractivity contribution in [3.8, 4) is 5.88 Å². The van der Waals surface area contributed by atoms with Gasteiger partial charge in [0.2, 0.25) is 5.91 Å². The molecular weight excluding hydrogens is 328 g/mol. The molecule has 0 bridgehead atoms. The molecule has 0 aliphatic carbocycles. The molecule has 3 heterocycles. The molecule has 1 atom stereocenters. The first-order valence-corrected chi connectivity index (χ1v) is 8.02. The molecule has 25 heavy (non-hydrogen) atoms. The SMILES string of the molecule is COc1cc(CCC(=O)N2CCOC(c3nc(C)cc(=O)[nH]3)C2)on1. The Morgan fingerprint density at radius 2 is 2.32 bits per heavy atom. The quantitative estimate of drug-likeness (QED) is 0.842. The maximum Gasteiger partial charge on any atom is 0.254 e. The molecule has 9 heteroatoms. The summed E-state index contributed by atoms with van der Waals surface area (Å²) < 4.78 is 15.7. The van der Waals surface area contributed by atoms with E-state index >= 15 is 0 Å². The first-order chi connectivity index (χ1) is 12.0. The van der Waals surface area contributed by atoms with Crippen LogP contribution in [0.15, 0.2) is 21.5 Å². The van der Waals surface area contributed by atoms with E-state index in [1.54, 1.807) is 17.9 Å². The summed E-state index contributed by atoms with van der Waals surface area (Å²) in [6.45, 7) is 3.00. The van der Waals surface area contributed by atoms with E-state index in [2.05, 4.69) is 15.1 Å². The summed E-state index contributed by atoms with van der Waals surface area (Å²) in [5.74, 6) is 1.42. The van der Waals surface area contributed by atoms with Crippen LogP contribution in [0.1, 0.15) is 29.8 Å². The van der Waals surface area contributed by atoms with Crippen molar-refractivity contribution in [2.75, 3.05) is 26.8 Å². The topological polar surface area (TPSA) is 111 Å². The van der Waals surface area contributed by atoms with E-state index in [4.69, 9.17) is 14.0 Å². The zero-order valence-corrected chi connectivity index (χ0v) is 14.2. The van der Waals surface area contributed by atoms with E-state index in [1.165, 1.54) is 13.2 Å². The predicted octanol–water partition coefficient (Wildman–Crippen LogP) is 0.608. The number of carbonyl (C=O) groups excluding carboxylic acids is 1. The fraction of sp³-hybridized carbons (Fsp3) is 0.500. The molecule has 0 aromatic carbocycles. The van der Waals surface area contributed by atoms with Crippen molar-refractivity contribution in [2.45, 2.75) is 25.9 Å². The number of aryl methyl sites for hydroxylation is 2. The van der Waals surface area contributed by atoms with Crippen molar-refractivity contribution in [1.29, 1.82) is 0 Å². The molecule has 0 saturated carbocycles. The summed E-state index contributed by atoms with van der Waals surface area (Å²) in [5, 5.41) is 3.71. The molecule has 0 spiro atoms. The van der Waals surface area contributed by atoms with Crippen LogP contribution in [0.4, 0.5) is 0 Å². The molecule has 3 rings (SSSR count). The molecule has 1 fully saturated rings. The van der Waals surface area contributed by atoms with Crippen molar-refractivity contribution in [1.82, 2.24) is 20.0 Å². The number of carbonyl (C=O) groups is 1. The second-order valence-electron chi connectivity index (χ2n) is 5.81. The van der Waals surface area contributed by atoms with Crippen LogP contribution in [0.2, 0.25) is 0 Å². The molecule has 1 N–H and O–H groups in total. The highest BCUT2D eigenvalue weighted by Gasteiger charge is 2.27. The van der Waals surface area contributed by atoms with Gasteiger partial charge >= 0.3 is 0 Å². The average molecular weight is 348 g/mol. The maximum atomic E-state index is 12.4. The van der Waals surface area contributed by atoms with E-state index in [1.807, 2.05) is 0 Å². The van der Waals surface area contributed by atoms with Gasteiger partial charge in [-0.25, -0.2) is 4.98 Å². The molecule has 1 saturated heterocycles.